The summed E-state index contributed by atoms with van der Waals surface area (Å²) >= 11 is 0. The molecule has 43 heavy (non-hydrogen) atoms. The summed E-state index contributed by atoms with van der Waals surface area (Å²) in [5.74, 6) is 1.26. The van der Waals surface area contributed by atoms with Gasteiger partial charge in [0.15, 0.2) is 5.78 Å². The van der Waals surface area contributed by atoms with Crippen LogP contribution in [0.3, 0.4) is 0 Å². The van der Waals surface area contributed by atoms with E-state index in [2.05, 4.69) is 56.1 Å². The highest BCUT2D eigenvalue weighted by molar-refractivity contribution is 7.84. The molecule has 0 saturated carbocycles. The summed E-state index contributed by atoms with van der Waals surface area (Å²) in [5.41, 5.74) is 6.13. The Bertz CT molecular complexity index is 1510. The molecular weight excluding hydrogens is 556 g/mol. The Morgan fingerprint density at radius 1 is 0.930 bits per heavy atom. The monoisotopic (exact) mass is 598 g/mol. The van der Waals surface area contributed by atoms with E-state index in [1.807, 2.05) is 47.0 Å². The molecule has 7 heteroatoms. The normalized spacial score (nSPS) is 12.1. The lowest BCUT2D eigenvalue weighted by Gasteiger charge is -2.09. The smallest absolute Gasteiger partial charge is 0.160 e. The van der Waals surface area contributed by atoms with Crippen LogP contribution in [-0.2, 0) is 39.0 Å². The number of nitrogens with zero attached hydrogens (tertiary/aromatic N) is 2. The Labute approximate surface area is 258 Å². The fraction of sp³-hybridized carbons (Fsp3) is 0.333. The van der Waals surface area contributed by atoms with Crippen molar-refractivity contribution >= 4 is 22.7 Å². The molecule has 0 saturated heterocycles. The minimum Gasteiger partial charge on any atom is -0.491 e. The lowest BCUT2D eigenvalue weighted by atomic mass is 9.99. The molecule has 6 nitrogen and oxygen atoms in total. The van der Waals surface area contributed by atoms with E-state index in [0.29, 0.717) is 19.0 Å². The number of benzene rings is 3. The van der Waals surface area contributed by atoms with Gasteiger partial charge in [-0.2, -0.15) is 0 Å². The Balaban J connectivity index is 1.31. The summed E-state index contributed by atoms with van der Waals surface area (Å²) in [6, 6.07) is 21.8. The first-order chi connectivity index (χ1) is 20.9. The quantitative estimate of drug-likeness (QED) is 0.0925. The van der Waals surface area contributed by atoms with Gasteiger partial charge < -0.3 is 14.0 Å². The first-order valence-corrected chi connectivity index (χ1v) is 16.4. The summed E-state index contributed by atoms with van der Waals surface area (Å²) in [6.45, 7) is 9.08. The van der Waals surface area contributed by atoms with Crippen LogP contribution in [-0.4, -0.2) is 39.4 Å². The van der Waals surface area contributed by atoms with Gasteiger partial charge in [-0.3, -0.25) is 9.00 Å². The highest BCUT2D eigenvalue weighted by Crippen LogP contribution is 2.25. The van der Waals surface area contributed by atoms with Gasteiger partial charge in [-0.1, -0.05) is 62.7 Å². The molecule has 0 aliphatic heterocycles. The van der Waals surface area contributed by atoms with Crippen molar-refractivity contribution in [2.75, 3.05) is 19.8 Å². The van der Waals surface area contributed by atoms with E-state index < -0.39 is 10.8 Å². The number of hydrogen-bond donors (Lipinski definition) is 0. The van der Waals surface area contributed by atoms with Gasteiger partial charge in [0.2, 0.25) is 0 Å². The first-order valence-electron chi connectivity index (χ1n) is 15.0. The zero-order valence-electron chi connectivity index (χ0n) is 25.5. The van der Waals surface area contributed by atoms with Crippen LogP contribution in [0.1, 0.15) is 55.5 Å². The molecule has 1 unspecified atom stereocenters. The van der Waals surface area contributed by atoms with Crippen molar-refractivity contribution in [1.82, 2.24) is 9.55 Å². The molecule has 4 aromatic rings. The van der Waals surface area contributed by atoms with E-state index in [9.17, 15) is 9.00 Å². The van der Waals surface area contributed by atoms with Gasteiger partial charge in [0.1, 0.15) is 12.4 Å². The number of aryl methyl sites for hydroxylation is 2. The summed E-state index contributed by atoms with van der Waals surface area (Å²) in [5, 5.41) is 0. The topological polar surface area (TPSA) is 70.4 Å². The zero-order valence-corrected chi connectivity index (χ0v) is 26.3. The van der Waals surface area contributed by atoms with Crippen molar-refractivity contribution in [3.63, 3.8) is 0 Å². The molecule has 0 N–H and O–H groups in total. The predicted octanol–water partition coefficient (Wildman–Crippen LogP) is 7.60. The van der Waals surface area contributed by atoms with Crippen molar-refractivity contribution in [3.05, 3.63) is 108 Å². The van der Waals surface area contributed by atoms with E-state index in [0.717, 1.165) is 76.6 Å². The van der Waals surface area contributed by atoms with Crippen LogP contribution in [0, 0.1) is 6.92 Å². The Kier molecular flexibility index (Phi) is 12.5. The van der Waals surface area contributed by atoms with Crippen molar-refractivity contribution in [3.8, 4) is 16.9 Å². The van der Waals surface area contributed by atoms with E-state index in [1.54, 1.807) is 18.6 Å². The third-order valence-corrected chi connectivity index (χ3v) is 8.35. The molecule has 0 fully saturated rings. The SMILES string of the molecule is CCCCOCCOc1ccc(-c2cc(C)cc(/C=C/C(=O)Cc3ccc(S(=O)Cc4cncn4CCC)cc3)c2)cc1. The lowest BCUT2D eigenvalue weighted by molar-refractivity contribution is -0.113. The second-order valence-electron chi connectivity index (χ2n) is 10.7. The number of carbonyl (C=O) groups excluding carboxylic acids is 1. The number of allylic oxidation sites excluding steroid dienone is 1. The van der Waals surface area contributed by atoms with Crippen LogP contribution in [0.2, 0.25) is 0 Å². The number of aromatic nitrogens is 2. The number of ketones is 1. The maximum absolute atomic E-state index is 12.9. The Hall–Kier alpha value is -3.81. The van der Waals surface area contributed by atoms with Crippen molar-refractivity contribution in [1.29, 1.82) is 0 Å². The van der Waals surface area contributed by atoms with E-state index in [4.69, 9.17) is 9.47 Å². The third-order valence-electron chi connectivity index (χ3n) is 6.99. The minimum absolute atomic E-state index is 0.0144. The molecule has 4 rings (SSSR count). The van der Waals surface area contributed by atoms with Crippen LogP contribution in [0.5, 0.6) is 5.75 Å². The van der Waals surface area contributed by atoms with Gasteiger partial charge in [-0.15, -0.1) is 0 Å². The zero-order chi connectivity index (χ0) is 30.4. The first kappa shape index (κ1) is 32.1. The van der Waals surface area contributed by atoms with E-state index in [-0.39, 0.29) is 12.2 Å². The molecule has 0 radical (unpaired) electrons. The second kappa shape index (κ2) is 16.7. The highest BCUT2D eigenvalue weighted by Gasteiger charge is 2.10. The average Bonchev–Trinajstić information content (AvgIpc) is 3.44. The number of imidazole rings is 1. The highest BCUT2D eigenvalue weighted by atomic mass is 32.2. The van der Waals surface area contributed by atoms with Gasteiger partial charge in [0, 0.05) is 30.7 Å². The molecule has 0 amide bonds. The maximum atomic E-state index is 12.9. The number of ether oxygens (including phenoxy) is 2. The Morgan fingerprint density at radius 2 is 1.72 bits per heavy atom. The van der Waals surface area contributed by atoms with Crippen molar-refractivity contribution in [2.24, 2.45) is 0 Å². The number of hydrogen-bond acceptors (Lipinski definition) is 5. The van der Waals surface area contributed by atoms with E-state index in [1.165, 1.54) is 0 Å². The standard InChI is InChI=1S/C36H42N2O4S/c1-4-6-18-41-19-20-42-35-13-10-31(11-14-35)32-22-28(3)21-30(23-32)7-12-34(39)24-29-8-15-36(16-9-29)43(40)26-33-25-37-27-38(33)17-5-2/h7-16,21-23,25,27H,4-6,17-20,24,26H2,1-3H3/b12-7+. The van der Waals surface area contributed by atoms with Crippen molar-refractivity contribution in [2.45, 2.75) is 63.6 Å². The predicted molar refractivity (Wildman–Crippen MR) is 175 cm³/mol. The van der Waals surface area contributed by atoms with Crippen LogP contribution in [0.15, 0.2) is 90.2 Å². The third kappa shape index (κ3) is 10.2. The summed E-state index contributed by atoms with van der Waals surface area (Å²) in [6.07, 6.45) is 10.6. The van der Waals surface area contributed by atoms with Gasteiger partial charge in [-0.25, -0.2) is 4.98 Å². The minimum atomic E-state index is -1.17. The maximum Gasteiger partial charge on any atom is 0.160 e. The lowest BCUT2D eigenvalue weighted by Crippen LogP contribution is -2.07. The number of rotatable bonds is 17. The molecular formula is C36H42N2O4S. The van der Waals surface area contributed by atoms with Crippen LogP contribution in [0.4, 0.5) is 0 Å². The summed E-state index contributed by atoms with van der Waals surface area (Å²) in [7, 11) is -1.17. The largest absolute Gasteiger partial charge is 0.491 e. The van der Waals surface area contributed by atoms with Gasteiger partial charge >= 0.3 is 0 Å². The molecule has 3 aromatic carbocycles. The van der Waals surface area contributed by atoms with Crippen LogP contribution >= 0.6 is 0 Å². The molecule has 0 spiro atoms. The number of carbonyl (C=O) groups is 1. The molecule has 1 atom stereocenters. The fourth-order valence-corrected chi connectivity index (χ4v) is 5.84. The molecule has 0 aliphatic rings. The van der Waals surface area contributed by atoms with Crippen LogP contribution in [0.25, 0.3) is 17.2 Å². The van der Waals surface area contributed by atoms with Crippen molar-refractivity contribution < 1.29 is 18.5 Å². The summed E-state index contributed by atoms with van der Waals surface area (Å²) < 4.78 is 26.3. The molecule has 226 valence electrons. The van der Waals surface area contributed by atoms with Crippen LogP contribution < -0.4 is 4.74 Å². The molecule has 1 aromatic heterocycles. The van der Waals surface area contributed by atoms with Gasteiger partial charge in [0.05, 0.1) is 35.2 Å². The molecule has 0 bridgehead atoms. The Morgan fingerprint density at radius 3 is 2.47 bits per heavy atom. The second-order valence-corrected chi connectivity index (χ2v) is 12.1. The number of unbranched alkanes of at least 4 members (excludes halogenated alkanes) is 1. The van der Waals surface area contributed by atoms with E-state index >= 15 is 0 Å². The van der Waals surface area contributed by atoms with Gasteiger partial charge in [0.25, 0.3) is 0 Å². The molecule has 1 heterocycles. The fourth-order valence-electron chi connectivity index (χ4n) is 4.72. The van der Waals surface area contributed by atoms with Gasteiger partial charge in [-0.05, 0) is 84.0 Å². The average molecular weight is 599 g/mol. The molecule has 0 aliphatic carbocycles. The summed E-state index contributed by atoms with van der Waals surface area (Å²) in [4.78, 5) is 17.7.